The summed E-state index contributed by atoms with van der Waals surface area (Å²) in [5.74, 6) is 0.973. The molecule has 1 saturated heterocycles. The van der Waals surface area contributed by atoms with Crippen LogP contribution in [0, 0.1) is 0 Å². The van der Waals surface area contributed by atoms with Gasteiger partial charge in [-0.05, 0) is 30.2 Å². The van der Waals surface area contributed by atoms with Crippen LogP contribution < -0.4 is 10.1 Å². The van der Waals surface area contributed by atoms with Crippen molar-refractivity contribution < 1.29 is 14.3 Å². The zero-order chi connectivity index (χ0) is 13.7. The fourth-order valence-corrected chi connectivity index (χ4v) is 2.30. The van der Waals surface area contributed by atoms with Gasteiger partial charge in [-0.25, -0.2) is 0 Å². The molecule has 1 aromatic carbocycles. The van der Waals surface area contributed by atoms with Gasteiger partial charge in [-0.3, -0.25) is 4.79 Å². The van der Waals surface area contributed by atoms with Crippen molar-refractivity contribution in [2.45, 2.75) is 25.9 Å². The highest BCUT2D eigenvalue weighted by atomic mass is 16.5. The minimum atomic E-state index is -0.00608. The van der Waals surface area contributed by atoms with Crippen molar-refractivity contribution in [1.82, 2.24) is 5.32 Å². The van der Waals surface area contributed by atoms with Gasteiger partial charge in [0.25, 0.3) is 0 Å². The minimum Gasteiger partial charge on any atom is -0.496 e. The Morgan fingerprint density at radius 1 is 1.53 bits per heavy atom. The highest BCUT2D eigenvalue weighted by molar-refractivity contribution is 5.96. The number of carbonyl (C=O) groups excluding carboxylic acids is 1. The number of Topliss-reactive ketones (excluding diaryl/α,β-unsaturated/α-hetero) is 1. The van der Waals surface area contributed by atoms with Crippen LogP contribution in [-0.2, 0) is 11.2 Å². The van der Waals surface area contributed by atoms with E-state index in [1.54, 1.807) is 7.11 Å². The first-order chi connectivity index (χ1) is 9.24. The van der Waals surface area contributed by atoms with Crippen LogP contribution >= 0.6 is 0 Å². The quantitative estimate of drug-likeness (QED) is 0.823. The zero-order valence-corrected chi connectivity index (χ0v) is 11.6. The van der Waals surface area contributed by atoms with Crippen molar-refractivity contribution in [3.05, 3.63) is 29.3 Å². The number of rotatable bonds is 5. The molecule has 1 aliphatic rings. The number of hydrogen-bond donors (Lipinski definition) is 1. The molecule has 0 aromatic heterocycles. The van der Waals surface area contributed by atoms with E-state index in [0.29, 0.717) is 13.0 Å². The van der Waals surface area contributed by atoms with E-state index in [2.05, 4.69) is 12.2 Å². The number of ether oxygens (including phenoxy) is 2. The van der Waals surface area contributed by atoms with Gasteiger partial charge in [0.1, 0.15) is 5.75 Å². The topological polar surface area (TPSA) is 47.6 Å². The van der Waals surface area contributed by atoms with Crippen LogP contribution in [-0.4, -0.2) is 38.7 Å². The molecule has 0 radical (unpaired) electrons. The van der Waals surface area contributed by atoms with E-state index in [1.165, 1.54) is 0 Å². The lowest BCUT2D eigenvalue weighted by molar-refractivity contribution is 0.0240. The van der Waals surface area contributed by atoms with Crippen LogP contribution in [0.4, 0.5) is 0 Å². The molecule has 4 heteroatoms. The second kappa shape index (κ2) is 6.68. The highest BCUT2D eigenvalue weighted by Gasteiger charge is 2.19. The first-order valence-corrected chi connectivity index (χ1v) is 6.77. The Kier molecular flexibility index (Phi) is 4.93. The molecule has 0 saturated carbocycles. The summed E-state index contributed by atoms with van der Waals surface area (Å²) in [6.07, 6.45) is 1.28. The summed E-state index contributed by atoms with van der Waals surface area (Å²) in [4.78, 5) is 12.2. The van der Waals surface area contributed by atoms with E-state index in [9.17, 15) is 4.79 Å². The maximum absolute atomic E-state index is 12.2. The molecular formula is C15H21NO3. The molecule has 19 heavy (non-hydrogen) atoms. The predicted octanol–water partition coefficient (Wildman–Crippen LogP) is 1.82. The first kappa shape index (κ1) is 14.0. The van der Waals surface area contributed by atoms with Crippen LogP contribution in [0.25, 0.3) is 0 Å². The number of methoxy groups -OCH3 is 1. The summed E-state index contributed by atoms with van der Waals surface area (Å²) in [6.45, 7) is 4.36. The van der Waals surface area contributed by atoms with E-state index in [1.807, 2.05) is 18.2 Å². The van der Waals surface area contributed by atoms with E-state index in [0.717, 1.165) is 36.4 Å². The summed E-state index contributed by atoms with van der Waals surface area (Å²) in [7, 11) is 1.65. The molecule has 1 heterocycles. The second-order valence-corrected chi connectivity index (χ2v) is 4.70. The fraction of sp³-hybridized carbons (Fsp3) is 0.533. The van der Waals surface area contributed by atoms with Crippen molar-refractivity contribution in [1.29, 1.82) is 0 Å². The van der Waals surface area contributed by atoms with Gasteiger partial charge in [0.2, 0.25) is 0 Å². The SMILES string of the molecule is CCc1cc(C(=O)CC2CNCCO2)ccc1OC. The maximum atomic E-state index is 12.2. The Morgan fingerprint density at radius 3 is 3.00 bits per heavy atom. The normalized spacial score (nSPS) is 19.2. The Balaban J connectivity index is 2.05. The van der Waals surface area contributed by atoms with Crippen molar-refractivity contribution in [3.8, 4) is 5.75 Å². The average Bonchev–Trinajstić information content (AvgIpc) is 2.47. The lowest BCUT2D eigenvalue weighted by Crippen LogP contribution is -2.39. The maximum Gasteiger partial charge on any atom is 0.165 e. The van der Waals surface area contributed by atoms with Crippen LogP contribution in [0.1, 0.15) is 29.3 Å². The van der Waals surface area contributed by atoms with Crippen LogP contribution in [0.15, 0.2) is 18.2 Å². The largest absolute Gasteiger partial charge is 0.496 e. The number of nitrogens with one attached hydrogen (secondary N) is 1. The van der Waals surface area contributed by atoms with E-state index in [-0.39, 0.29) is 11.9 Å². The van der Waals surface area contributed by atoms with Crippen LogP contribution in [0.3, 0.4) is 0 Å². The van der Waals surface area contributed by atoms with Gasteiger partial charge in [0.05, 0.1) is 19.8 Å². The van der Waals surface area contributed by atoms with Crippen molar-refractivity contribution in [3.63, 3.8) is 0 Å². The van der Waals surface area contributed by atoms with E-state index in [4.69, 9.17) is 9.47 Å². The fourth-order valence-electron chi connectivity index (χ4n) is 2.30. The standard InChI is InChI=1S/C15H21NO3/c1-3-11-8-12(4-5-15(11)18-2)14(17)9-13-10-16-6-7-19-13/h4-5,8,13,16H,3,6-7,9-10H2,1-2H3. The summed E-state index contributed by atoms with van der Waals surface area (Å²) < 4.78 is 10.8. The van der Waals surface area contributed by atoms with Gasteiger partial charge in [-0.15, -0.1) is 0 Å². The molecule has 1 aromatic rings. The molecule has 1 atom stereocenters. The first-order valence-electron chi connectivity index (χ1n) is 6.77. The molecule has 0 spiro atoms. The smallest absolute Gasteiger partial charge is 0.165 e. The summed E-state index contributed by atoms with van der Waals surface area (Å²) in [6, 6.07) is 5.63. The third-order valence-corrected chi connectivity index (χ3v) is 3.40. The summed E-state index contributed by atoms with van der Waals surface area (Å²) in [5.41, 5.74) is 1.81. The number of benzene rings is 1. The van der Waals surface area contributed by atoms with Crippen LogP contribution in [0.2, 0.25) is 0 Å². The molecule has 1 unspecified atom stereocenters. The molecule has 2 rings (SSSR count). The van der Waals surface area contributed by atoms with Crippen LogP contribution in [0.5, 0.6) is 5.75 Å². The molecule has 1 N–H and O–H groups in total. The lowest BCUT2D eigenvalue weighted by Gasteiger charge is -2.23. The predicted molar refractivity (Wildman–Crippen MR) is 73.9 cm³/mol. The van der Waals surface area contributed by atoms with Crippen molar-refractivity contribution in [2.75, 3.05) is 26.8 Å². The molecular weight excluding hydrogens is 242 g/mol. The van der Waals surface area contributed by atoms with Gasteiger partial charge >= 0.3 is 0 Å². The highest BCUT2D eigenvalue weighted by Crippen LogP contribution is 2.21. The minimum absolute atomic E-state index is 0.00608. The lowest BCUT2D eigenvalue weighted by atomic mass is 10.0. The van der Waals surface area contributed by atoms with Gasteiger partial charge in [0, 0.05) is 25.1 Å². The Bertz CT molecular complexity index is 439. The van der Waals surface area contributed by atoms with E-state index >= 15 is 0 Å². The zero-order valence-electron chi connectivity index (χ0n) is 11.6. The molecule has 4 nitrogen and oxygen atoms in total. The van der Waals surface area contributed by atoms with Gasteiger partial charge in [-0.2, -0.15) is 0 Å². The second-order valence-electron chi connectivity index (χ2n) is 4.70. The number of carbonyl (C=O) groups is 1. The summed E-state index contributed by atoms with van der Waals surface area (Å²) in [5, 5.41) is 3.24. The Labute approximate surface area is 114 Å². The molecule has 0 amide bonds. The Morgan fingerprint density at radius 2 is 2.37 bits per heavy atom. The number of aryl methyl sites for hydroxylation is 1. The average molecular weight is 263 g/mol. The van der Waals surface area contributed by atoms with Gasteiger partial charge in [-0.1, -0.05) is 6.92 Å². The molecule has 0 bridgehead atoms. The molecule has 104 valence electrons. The summed E-state index contributed by atoms with van der Waals surface area (Å²) >= 11 is 0. The molecule has 1 aliphatic heterocycles. The monoisotopic (exact) mass is 263 g/mol. The molecule has 0 aliphatic carbocycles. The van der Waals surface area contributed by atoms with Crippen molar-refractivity contribution >= 4 is 5.78 Å². The van der Waals surface area contributed by atoms with Crippen molar-refractivity contribution in [2.24, 2.45) is 0 Å². The third kappa shape index (κ3) is 3.55. The molecule has 1 fully saturated rings. The third-order valence-electron chi connectivity index (χ3n) is 3.40. The number of morpholine rings is 1. The van der Waals surface area contributed by atoms with E-state index < -0.39 is 0 Å². The Hall–Kier alpha value is -1.39. The number of hydrogen-bond acceptors (Lipinski definition) is 4. The van der Waals surface area contributed by atoms with Gasteiger partial charge < -0.3 is 14.8 Å². The van der Waals surface area contributed by atoms with Gasteiger partial charge in [0.15, 0.2) is 5.78 Å². The number of ketones is 1.